The normalized spacial score (nSPS) is 39.1. The molecule has 6 aliphatic heterocycles. The van der Waals surface area contributed by atoms with Crippen molar-refractivity contribution in [2.24, 2.45) is 11.8 Å². The number of phosphoric acid groups is 1. The van der Waals surface area contributed by atoms with E-state index in [0.29, 0.717) is 5.75 Å². The van der Waals surface area contributed by atoms with Crippen molar-refractivity contribution in [1.82, 2.24) is 9.80 Å². The monoisotopic (exact) mass is 564 g/mol. The van der Waals surface area contributed by atoms with E-state index in [0.717, 1.165) is 38.8 Å². The van der Waals surface area contributed by atoms with Crippen LogP contribution in [0, 0.1) is 11.8 Å². The van der Waals surface area contributed by atoms with Crippen LogP contribution < -0.4 is 4.52 Å². The Kier molecular flexibility index (Phi) is 8.38. The van der Waals surface area contributed by atoms with Gasteiger partial charge < -0.3 is 14.0 Å². The molecular formula is C28H41N2O8P. The molecule has 7 rings (SSSR count). The highest BCUT2D eigenvalue weighted by atomic mass is 31.2. The van der Waals surface area contributed by atoms with Crippen LogP contribution in [0.2, 0.25) is 0 Å². The molecule has 0 saturated carbocycles. The zero-order valence-electron chi connectivity index (χ0n) is 23.4. The summed E-state index contributed by atoms with van der Waals surface area (Å²) in [6.45, 7) is 5.44. The second kappa shape index (κ2) is 11.3. The first kappa shape index (κ1) is 28.9. The molecule has 0 radical (unpaired) electrons. The SMILES string of the molecule is COCC1(COP(=O)(OCC2(COC)C(=O)C3CCN2C(C)C3)Oc2ccccc2)C(=O)C2CCN1C(C)C2. The quantitative estimate of drug-likeness (QED) is 0.351. The van der Waals surface area contributed by atoms with Gasteiger partial charge in [0.2, 0.25) is 0 Å². The minimum Gasteiger partial charge on any atom is -0.404 e. The van der Waals surface area contributed by atoms with Gasteiger partial charge >= 0.3 is 7.82 Å². The molecule has 6 heterocycles. The maximum atomic E-state index is 14.3. The Labute approximate surface area is 230 Å². The Balaban J connectivity index is 1.42. The molecule has 1 aromatic rings. The highest BCUT2D eigenvalue weighted by Crippen LogP contribution is 2.53. The molecule has 0 N–H and O–H groups in total. The zero-order valence-corrected chi connectivity index (χ0v) is 24.3. The lowest BCUT2D eigenvalue weighted by Crippen LogP contribution is -2.72. The van der Waals surface area contributed by atoms with Crippen LogP contribution in [0.4, 0.5) is 0 Å². The van der Waals surface area contributed by atoms with E-state index in [1.54, 1.807) is 38.5 Å². The maximum absolute atomic E-state index is 14.3. The van der Waals surface area contributed by atoms with Gasteiger partial charge in [-0.2, -0.15) is 0 Å². The number of methoxy groups -OCH3 is 2. The number of carbonyl (C=O) groups is 2. The minimum absolute atomic E-state index is 0.0375. The molecule has 6 fully saturated rings. The Morgan fingerprint density at radius 1 is 0.795 bits per heavy atom. The molecule has 4 bridgehead atoms. The van der Waals surface area contributed by atoms with Crippen molar-refractivity contribution in [3.8, 4) is 5.75 Å². The molecule has 39 heavy (non-hydrogen) atoms. The van der Waals surface area contributed by atoms with Crippen LogP contribution in [-0.4, -0.2) is 98.3 Å². The van der Waals surface area contributed by atoms with E-state index >= 15 is 0 Å². The second-order valence-corrected chi connectivity index (χ2v) is 13.2. The van der Waals surface area contributed by atoms with Gasteiger partial charge in [0.05, 0.1) is 26.4 Å². The number of para-hydroxylation sites is 1. The van der Waals surface area contributed by atoms with Gasteiger partial charge in [0.15, 0.2) is 11.6 Å². The molecule has 0 amide bonds. The molecule has 6 saturated heterocycles. The van der Waals surface area contributed by atoms with Crippen LogP contribution in [0.15, 0.2) is 30.3 Å². The number of hydrogen-bond donors (Lipinski definition) is 0. The standard InChI is InChI=1S/C28H41N2O8P/c1-20-14-22-10-12-29(20)27(16-34-3,25(22)31)18-36-39(33,38-24-8-6-5-7-9-24)37-19-28(17-35-4)26(32)23-11-13-30(28)21(2)15-23/h5-9,20-23H,10-19H2,1-4H3. The summed E-state index contributed by atoms with van der Waals surface area (Å²) < 4.78 is 43.4. The van der Waals surface area contributed by atoms with E-state index in [2.05, 4.69) is 23.6 Å². The van der Waals surface area contributed by atoms with Crippen molar-refractivity contribution >= 4 is 19.4 Å². The highest BCUT2D eigenvalue weighted by molar-refractivity contribution is 7.48. The summed E-state index contributed by atoms with van der Waals surface area (Å²) in [5.74, 6) is 0.200. The number of phosphoric ester groups is 1. The van der Waals surface area contributed by atoms with Crippen LogP contribution in [-0.2, 0) is 32.7 Å². The summed E-state index contributed by atoms with van der Waals surface area (Å²) in [7, 11) is -1.21. The number of carbonyl (C=O) groups excluding carboxylic acids is 2. The lowest BCUT2D eigenvalue weighted by Gasteiger charge is -2.56. The summed E-state index contributed by atoms with van der Waals surface area (Å²) in [4.78, 5) is 31.4. The summed E-state index contributed by atoms with van der Waals surface area (Å²) in [6, 6.07) is 8.97. The second-order valence-electron chi connectivity index (χ2n) is 11.6. The Hall–Kier alpha value is -1.65. The van der Waals surface area contributed by atoms with Crippen molar-refractivity contribution in [2.75, 3.05) is 53.7 Å². The number of benzene rings is 1. The fourth-order valence-electron chi connectivity index (χ4n) is 7.38. The van der Waals surface area contributed by atoms with Crippen molar-refractivity contribution in [2.45, 2.75) is 62.7 Å². The number of nitrogens with zero attached hydrogens (tertiary/aromatic N) is 2. The van der Waals surface area contributed by atoms with Crippen molar-refractivity contribution in [1.29, 1.82) is 0 Å². The summed E-state index contributed by atoms with van der Waals surface area (Å²) in [5, 5.41) is 0. The first-order chi connectivity index (χ1) is 18.7. The van der Waals surface area contributed by atoms with Crippen molar-refractivity contribution < 1.29 is 37.2 Å². The van der Waals surface area contributed by atoms with E-state index in [4.69, 9.17) is 23.0 Å². The van der Waals surface area contributed by atoms with Gasteiger partial charge in [-0.25, -0.2) is 4.57 Å². The van der Waals surface area contributed by atoms with Gasteiger partial charge in [0.1, 0.15) is 16.8 Å². The summed E-state index contributed by atoms with van der Waals surface area (Å²) >= 11 is 0. The number of fused-ring (bicyclic) bond motifs is 6. The third kappa shape index (κ3) is 5.14. The van der Waals surface area contributed by atoms with Crippen LogP contribution >= 0.6 is 7.82 Å². The molecule has 11 heteroatoms. The predicted molar refractivity (Wildman–Crippen MR) is 144 cm³/mol. The fraction of sp³-hybridized carbons (Fsp3) is 0.714. The lowest BCUT2D eigenvalue weighted by molar-refractivity contribution is -0.166. The van der Waals surface area contributed by atoms with E-state index in [1.807, 2.05) is 6.07 Å². The Morgan fingerprint density at radius 3 is 1.67 bits per heavy atom. The van der Waals surface area contributed by atoms with Gasteiger partial charge in [0.25, 0.3) is 0 Å². The molecule has 0 aromatic heterocycles. The van der Waals surface area contributed by atoms with Crippen molar-refractivity contribution in [3.63, 3.8) is 0 Å². The van der Waals surface area contributed by atoms with E-state index < -0.39 is 18.9 Å². The minimum atomic E-state index is -4.31. The number of hydrogen-bond acceptors (Lipinski definition) is 10. The van der Waals surface area contributed by atoms with Gasteiger partial charge in [-0.05, 0) is 51.7 Å². The highest BCUT2D eigenvalue weighted by Gasteiger charge is 2.59. The van der Waals surface area contributed by atoms with Crippen LogP contribution in [0.25, 0.3) is 0 Å². The topological polar surface area (TPSA) is 104 Å². The number of piperidine rings is 6. The van der Waals surface area contributed by atoms with E-state index in [1.165, 1.54) is 0 Å². The maximum Gasteiger partial charge on any atom is 0.530 e. The Bertz CT molecular complexity index is 1040. The molecule has 8 unspecified atom stereocenters. The van der Waals surface area contributed by atoms with E-state index in [9.17, 15) is 14.2 Å². The summed E-state index contributed by atoms with van der Waals surface area (Å²) in [6.07, 6.45) is 3.16. The molecule has 6 aliphatic rings. The fourth-order valence-corrected chi connectivity index (χ4v) is 8.69. The largest absolute Gasteiger partial charge is 0.530 e. The molecular weight excluding hydrogens is 523 g/mol. The van der Waals surface area contributed by atoms with Crippen LogP contribution in [0.5, 0.6) is 5.75 Å². The Morgan fingerprint density at radius 2 is 1.26 bits per heavy atom. The predicted octanol–water partition coefficient (Wildman–Crippen LogP) is 3.34. The summed E-state index contributed by atoms with van der Waals surface area (Å²) in [5.41, 5.74) is -2.17. The molecule has 0 aliphatic carbocycles. The first-order valence-corrected chi connectivity index (χ1v) is 15.4. The molecule has 10 nitrogen and oxygen atoms in total. The van der Waals surface area contributed by atoms with Gasteiger partial charge in [-0.15, -0.1) is 0 Å². The first-order valence-electron chi connectivity index (χ1n) is 13.9. The third-order valence-electron chi connectivity index (χ3n) is 9.16. The molecule has 8 atom stereocenters. The lowest BCUT2D eigenvalue weighted by atomic mass is 9.71. The van der Waals surface area contributed by atoms with Gasteiger partial charge in [0, 0.05) is 51.2 Å². The van der Waals surface area contributed by atoms with Gasteiger partial charge in [-0.3, -0.25) is 28.4 Å². The number of Topliss-reactive ketones (excluding diaryl/α,β-unsaturated/α-hetero) is 2. The average molecular weight is 565 g/mol. The number of ether oxygens (including phenoxy) is 2. The molecule has 1 aromatic carbocycles. The average Bonchev–Trinajstić information content (AvgIpc) is 2.92. The number of rotatable bonds is 12. The molecule has 0 spiro atoms. The number of ketones is 2. The smallest absolute Gasteiger partial charge is 0.404 e. The third-order valence-corrected chi connectivity index (χ3v) is 10.5. The van der Waals surface area contributed by atoms with Gasteiger partial charge in [-0.1, -0.05) is 18.2 Å². The van der Waals surface area contributed by atoms with Crippen molar-refractivity contribution in [3.05, 3.63) is 30.3 Å². The molecule has 216 valence electrons. The zero-order chi connectivity index (χ0) is 27.8. The van der Waals surface area contributed by atoms with Crippen LogP contribution in [0.3, 0.4) is 0 Å². The van der Waals surface area contributed by atoms with Crippen LogP contribution in [0.1, 0.15) is 39.5 Å². The van der Waals surface area contributed by atoms with E-state index in [-0.39, 0.29) is 61.9 Å².